The van der Waals surface area contributed by atoms with Crippen LogP contribution in [0.1, 0.15) is 72.9 Å². The first-order chi connectivity index (χ1) is 19.5. The summed E-state index contributed by atoms with van der Waals surface area (Å²) in [5, 5.41) is 14.4. The number of hydrogen-bond donors (Lipinski definition) is 2. The van der Waals surface area contributed by atoms with E-state index in [1.54, 1.807) is 6.07 Å². The molecule has 2 aliphatic heterocycles. The lowest BCUT2D eigenvalue weighted by Gasteiger charge is -2.31. The Hall–Kier alpha value is -4.39. The number of para-hydroxylation sites is 1. The third-order valence-electron chi connectivity index (χ3n) is 7.62. The highest BCUT2D eigenvalue weighted by Gasteiger charge is 2.40. The third-order valence-corrected chi connectivity index (χ3v) is 7.62. The van der Waals surface area contributed by atoms with Gasteiger partial charge in [-0.15, -0.1) is 0 Å². The molecule has 0 atom stereocenters. The van der Waals surface area contributed by atoms with Crippen molar-refractivity contribution in [3.8, 4) is 11.5 Å². The van der Waals surface area contributed by atoms with Crippen LogP contribution < -0.4 is 14.8 Å². The first-order valence-corrected chi connectivity index (χ1v) is 14.1. The van der Waals surface area contributed by atoms with Gasteiger partial charge in [0.15, 0.2) is 11.5 Å². The number of aromatic nitrogens is 1. The molecule has 210 valence electrons. The molecule has 3 aromatic carbocycles. The summed E-state index contributed by atoms with van der Waals surface area (Å²) < 4.78 is 12.4. The molecule has 2 N–H and O–H groups in total. The number of nitrogens with one attached hydrogen (secondary N) is 1. The summed E-state index contributed by atoms with van der Waals surface area (Å²) in [5.74, 6) is 0.565. The predicted octanol–water partition coefficient (Wildman–Crippen LogP) is 6.83. The van der Waals surface area contributed by atoms with Crippen LogP contribution in [0.2, 0.25) is 0 Å². The summed E-state index contributed by atoms with van der Waals surface area (Å²) >= 11 is 0. The van der Waals surface area contributed by atoms with E-state index in [2.05, 4.69) is 39.1 Å². The number of aliphatic imine (C=N–C) groups is 1. The first kappa shape index (κ1) is 26.8. The standard InChI is InChI=1S/C34H35N3O4/c1-6-40-28-16-22-17-33(2,3)37-30(29(22)25-18-34(4,5)41-31(25)28)21-12-14-24(32(38)39)27(15-21)35-19-23-13-11-20-9-7-8-10-26(20)36-23/h7-16,35H,6,17-19H2,1-5H3,(H,38,39). The highest BCUT2D eigenvalue weighted by Crippen LogP contribution is 2.48. The van der Waals surface area contributed by atoms with Gasteiger partial charge in [0.05, 0.1) is 41.2 Å². The second kappa shape index (κ2) is 9.91. The molecule has 0 radical (unpaired) electrons. The Balaban J connectivity index is 1.43. The fourth-order valence-corrected chi connectivity index (χ4v) is 5.96. The number of anilines is 1. The SMILES string of the molecule is CCOc1cc2c(c3c1OC(C)(C)C3)C(c1ccc(C(=O)O)c(NCc3ccc4ccccc4n3)c1)=NC(C)(C)C2. The Labute approximate surface area is 240 Å². The van der Waals surface area contributed by atoms with Crippen LogP contribution in [0.15, 0.2) is 65.7 Å². The molecule has 0 saturated heterocycles. The monoisotopic (exact) mass is 549 g/mol. The summed E-state index contributed by atoms with van der Waals surface area (Å²) in [6, 6.07) is 19.5. The number of pyridine rings is 1. The largest absolute Gasteiger partial charge is 0.490 e. The molecule has 1 aromatic heterocycles. The molecule has 0 saturated carbocycles. The zero-order valence-corrected chi connectivity index (χ0v) is 24.2. The van der Waals surface area contributed by atoms with E-state index in [0.29, 0.717) is 18.8 Å². The van der Waals surface area contributed by atoms with Crippen LogP contribution in [0.25, 0.3) is 10.9 Å². The Morgan fingerprint density at radius 3 is 2.63 bits per heavy atom. The number of carboxylic acid groups (broad SMARTS) is 1. The maximum atomic E-state index is 12.2. The average Bonchev–Trinajstić information content (AvgIpc) is 3.25. The average molecular weight is 550 g/mol. The minimum atomic E-state index is -0.991. The van der Waals surface area contributed by atoms with Crippen LogP contribution in [0.5, 0.6) is 11.5 Å². The maximum Gasteiger partial charge on any atom is 0.337 e. The molecule has 0 amide bonds. The number of hydrogen-bond acceptors (Lipinski definition) is 6. The third kappa shape index (κ3) is 5.12. The lowest BCUT2D eigenvalue weighted by atomic mass is 9.80. The Bertz CT molecular complexity index is 1720. The van der Waals surface area contributed by atoms with Gasteiger partial charge in [-0.1, -0.05) is 30.3 Å². The molecule has 3 heterocycles. The molecule has 41 heavy (non-hydrogen) atoms. The van der Waals surface area contributed by atoms with Crippen molar-refractivity contribution in [3.05, 3.63) is 94.2 Å². The smallest absolute Gasteiger partial charge is 0.337 e. The van der Waals surface area contributed by atoms with Crippen molar-refractivity contribution >= 4 is 28.3 Å². The summed E-state index contributed by atoms with van der Waals surface area (Å²) in [6.07, 6.45) is 1.50. The van der Waals surface area contributed by atoms with E-state index in [0.717, 1.165) is 63.3 Å². The molecule has 0 aliphatic carbocycles. The van der Waals surface area contributed by atoms with E-state index >= 15 is 0 Å². The molecular weight excluding hydrogens is 514 g/mol. The number of ether oxygens (including phenoxy) is 2. The molecule has 0 bridgehead atoms. The minimum absolute atomic E-state index is 0.201. The van der Waals surface area contributed by atoms with E-state index in [4.69, 9.17) is 19.5 Å². The molecule has 4 aromatic rings. The lowest BCUT2D eigenvalue weighted by Crippen LogP contribution is -2.30. The van der Waals surface area contributed by atoms with E-state index in [1.807, 2.05) is 55.5 Å². The van der Waals surface area contributed by atoms with Gasteiger partial charge in [-0.05, 0) is 76.9 Å². The summed E-state index contributed by atoms with van der Waals surface area (Å²) in [6.45, 7) is 11.3. The van der Waals surface area contributed by atoms with E-state index in [-0.39, 0.29) is 16.7 Å². The van der Waals surface area contributed by atoms with Crippen LogP contribution in [0.4, 0.5) is 5.69 Å². The quantitative estimate of drug-likeness (QED) is 0.263. The van der Waals surface area contributed by atoms with Crippen LogP contribution in [-0.4, -0.2) is 39.5 Å². The van der Waals surface area contributed by atoms with E-state index in [1.165, 1.54) is 5.56 Å². The van der Waals surface area contributed by atoms with Crippen molar-refractivity contribution in [1.82, 2.24) is 4.98 Å². The van der Waals surface area contributed by atoms with Gasteiger partial charge in [-0.2, -0.15) is 0 Å². The van der Waals surface area contributed by atoms with Crippen LogP contribution in [0, 0.1) is 0 Å². The van der Waals surface area contributed by atoms with Crippen molar-refractivity contribution < 1.29 is 19.4 Å². The highest BCUT2D eigenvalue weighted by molar-refractivity contribution is 6.17. The Morgan fingerprint density at radius 2 is 1.85 bits per heavy atom. The number of nitrogens with zero attached hydrogens (tertiary/aromatic N) is 2. The lowest BCUT2D eigenvalue weighted by molar-refractivity contribution is 0.0698. The molecule has 2 aliphatic rings. The maximum absolute atomic E-state index is 12.2. The number of carbonyl (C=O) groups is 1. The summed E-state index contributed by atoms with van der Waals surface area (Å²) in [4.78, 5) is 22.2. The molecule has 0 unspecified atom stereocenters. The second-order valence-electron chi connectivity index (χ2n) is 12.1. The molecule has 0 fully saturated rings. The fraction of sp³-hybridized carbons (Fsp3) is 0.324. The molecule has 7 heteroatoms. The molecule has 0 spiro atoms. The van der Waals surface area contributed by atoms with Gasteiger partial charge in [0.2, 0.25) is 0 Å². The Kier molecular flexibility index (Phi) is 6.48. The first-order valence-electron chi connectivity index (χ1n) is 14.1. The van der Waals surface area contributed by atoms with E-state index in [9.17, 15) is 9.90 Å². The van der Waals surface area contributed by atoms with Crippen LogP contribution in [-0.2, 0) is 19.4 Å². The summed E-state index contributed by atoms with van der Waals surface area (Å²) in [7, 11) is 0. The Morgan fingerprint density at radius 1 is 1.05 bits per heavy atom. The molecular formula is C34H35N3O4. The molecule has 7 nitrogen and oxygen atoms in total. The van der Waals surface area contributed by atoms with Gasteiger partial charge >= 0.3 is 5.97 Å². The number of rotatable bonds is 7. The molecule has 6 rings (SSSR count). The normalized spacial score (nSPS) is 16.4. The van der Waals surface area contributed by atoms with Gasteiger partial charge < -0.3 is 19.9 Å². The summed E-state index contributed by atoms with van der Waals surface area (Å²) in [5.41, 5.74) is 6.78. The van der Waals surface area contributed by atoms with Crippen molar-refractivity contribution in [2.24, 2.45) is 4.99 Å². The predicted molar refractivity (Wildman–Crippen MR) is 162 cm³/mol. The van der Waals surface area contributed by atoms with Gasteiger partial charge in [-0.3, -0.25) is 9.98 Å². The van der Waals surface area contributed by atoms with Crippen LogP contribution >= 0.6 is 0 Å². The number of carboxylic acids is 1. The van der Waals surface area contributed by atoms with Gasteiger partial charge in [-0.25, -0.2) is 4.79 Å². The number of fused-ring (bicyclic) bond motifs is 4. The highest BCUT2D eigenvalue weighted by atomic mass is 16.5. The van der Waals surface area contributed by atoms with Gasteiger partial charge in [0.1, 0.15) is 5.60 Å². The second-order valence-corrected chi connectivity index (χ2v) is 12.1. The van der Waals surface area contributed by atoms with Crippen molar-refractivity contribution in [1.29, 1.82) is 0 Å². The van der Waals surface area contributed by atoms with Crippen LogP contribution in [0.3, 0.4) is 0 Å². The van der Waals surface area contributed by atoms with Crippen molar-refractivity contribution in [2.45, 2.75) is 65.1 Å². The van der Waals surface area contributed by atoms with Crippen molar-refractivity contribution in [2.75, 3.05) is 11.9 Å². The minimum Gasteiger partial charge on any atom is -0.490 e. The van der Waals surface area contributed by atoms with Gasteiger partial charge in [0, 0.05) is 34.2 Å². The van der Waals surface area contributed by atoms with Gasteiger partial charge in [0.25, 0.3) is 0 Å². The van der Waals surface area contributed by atoms with E-state index < -0.39 is 5.97 Å². The zero-order chi connectivity index (χ0) is 28.9. The number of aromatic carboxylic acids is 1. The fourth-order valence-electron chi connectivity index (χ4n) is 5.96. The number of benzene rings is 3. The van der Waals surface area contributed by atoms with Crippen molar-refractivity contribution in [3.63, 3.8) is 0 Å². The topological polar surface area (TPSA) is 93.0 Å². The zero-order valence-electron chi connectivity index (χ0n) is 24.2.